The van der Waals surface area contributed by atoms with Gasteiger partial charge in [0.05, 0.1) is 6.20 Å². The predicted molar refractivity (Wildman–Crippen MR) is 78.6 cm³/mol. The Labute approximate surface area is 115 Å². The molecule has 0 bridgehead atoms. The highest BCUT2D eigenvalue weighted by atomic mass is 16.3. The summed E-state index contributed by atoms with van der Waals surface area (Å²) in [5.41, 5.74) is 3.69. The highest BCUT2D eigenvalue weighted by molar-refractivity contribution is 6.01. The molecule has 2 aromatic heterocycles. The number of hydrogen-bond donors (Lipinski definition) is 0. The SMILES string of the molecule is c1ccc(Cc2ncc3oc4ccccc4c3n2)cc1. The summed E-state index contributed by atoms with van der Waals surface area (Å²) in [5.74, 6) is 0.815. The molecule has 0 aliphatic rings. The Morgan fingerprint density at radius 3 is 2.55 bits per heavy atom. The number of nitrogens with zero attached hydrogens (tertiary/aromatic N) is 2. The second kappa shape index (κ2) is 4.46. The average Bonchev–Trinajstić information content (AvgIpc) is 2.86. The maximum absolute atomic E-state index is 5.73. The zero-order chi connectivity index (χ0) is 13.4. The number of benzene rings is 2. The van der Waals surface area contributed by atoms with E-state index in [-0.39, 0.29) is 0 Å². The van der Waals surface area contributed by atoms with Gasteiger partial charge in [0.1, 0.15) is 16.9 Å². The van der Waals surface area contributed by atoms with E-state index in [1.54, 1.807) is 6.20 Å². The summed E-state index contributed by atoms with van der Waals surface area (Å²) in [5, 5.41) is 1.04. The fourth-order valence-electron chi connectivity index (χ4n) is 2.41. The molecular weight excluding hydrogens is 248 g/mol. The minimum absolute atomic E-state index is 0.732. The monoisotopic (exact) mass is 260 g/mol. The molecule has 0 amide bonds. The lowest BCUT2D eigenvalue weighted by Crippen LogP contribution is -1.95. The standard InChI is InChI=1S/C17H12N2O/c1-2-6-12(7-3-1)10-16-18-11-15-17(19-16)13-8-4-5-9-14(13)20-15/h1-9,11H,10H2. The largest absolute Gasteiger partial charge is 0.453 e. The fourth-order valence-corrected chi connectivity index (χ4v) is 2.41. The molecule has 2 heterocycles. The van der Waals surface area contributed by atoms with Crippen LogP contribution in [0.4, 0.5) is 0 Å². The Balaban J connectivity index is 1.83. The second-order valence-electron chi connectivity index (χ2n) is 4.76. The number of rotatable bonds is 2. The maximum Gasteiger partial charge on any atom is 0.172 e. The van der Waals surface area contributed by atoms with E-state index in [9.17, 15) is 0 Å². The van der Waals surface area contributed by atoms with Crippen LogP contribution in [0.15, 0.2) is 65.2 Å². The van der Waals surface area contributed by atoms with Gasteiger partial charge in [-0.3, -0.25) is 0 Å². The first-order valence-electron chi connectivity index (χ1n) is 6.57. The van der Waals surface area contributed by atoms with Gasteiger partial charge in [0.25, 0.3) is 0 Å². The summed E-state index contributed by atoms with van der Waals surface area (Å²) in [6, 6.07) is 18.2. The van der Waals surface area contributed by atoms with Gasteiger partial charge < -0.3 is 4.42 Å². The zero-order valence-corrected chi connectivity index (χ0v) is 10.8. The molecule has 96 valence electrons. The van der Waals surface area contributed by atoms with Crippen LogP contribution in [-0.2, 0) is 6.42 Å². The number of fused-ring (bicyclic) bond motifs is 3. The number of para-hydroxylation sites is 1. The van der Waals surface area contributed by atoms with Crippen molar-refractivity contribution in [2.75, 3.05) is 0 Å². The van der Waals surface area contributed by atoms with Crippen LogP contribution in [0.5, 0.6) is 0 Å². The lowest BCUT2D eigenvalue weighted by molar-refractivity contribution is 0.664. The first-order valence-corrected chi connectivity index (χ1v) is 6.57. The highest BCUT2D eigenvalue weighted by Gasteiger charge is 2.09. The molecule has 0 atom stereocenters. The van der Waals surface area contributed by atoms with E-state index in [1.165, 1.54) is 5.56 Å². The van der Waals surface area contributed by atoms with Crippen molar-refractivity contribution in [2.45, 2.75) is 6.42 Å². The van der Waals surface area contributed by atoms with Gasteiger partial charge >= 0.3 is 0 Å². The van der Waals surface area contributed by atoms with E-state index >= 15 is 0 Å². The molecular formula is C17H12N2O. The summed E-state index contributed by atoms with van der Waals surface area (Å²) in [6.45, 7) is 0. The van der Waals surface area contributed by atoms with Crippen LogP contribution < -0.4 is 0 Å². The summed E-state index contributed by atoms with van der Waals surface area (Å²) in [7, 11) is 0. The van der Waals surface area contributed by atoms with Crippen LogP contribution in [0, 0.1) is 0 Å². The van der Waals surface area contributed by atoms with Crippen LogP contribution >= 0.6 is 0 Å². The minimum atomic E-state index is 0.732. The van der Waals surface area contributed by atoms with Crippen molar-refractivity contribution in [3.63, 3.8) is 0 Å². The lowest BCUT2D eigenvalue weighted by Gasteiger charge is -1.99. The molecule has 0 saturated heterocycles. The molecule has 3 nitrogen and oxygen atoms in total. The summed E-state index contributed by atoms with van der Waals surface area (Å²) in [4.78, 5) is 9.05. The molecule has 0 radical (unpaired) electrons. The van der Waals surface area contributed by atoms with Gasteiger partial charge in [-0.15, -0.1) is 0 Å². The minimum Gasteiger partial charge on any atom is -0.453 e. The molecule has 0 N–H and O–H groups in total. The average molecular weight is 260 g/mol. The smallest absolute Gasteiger partial charge is 0.172 e. The van der Waals surface area contributed by atoms with Crippen molar-refractivity contribution in [3.05, 3.63) is 72.2 Å². The number of aromatic nitrogens is 2. The van der Waals surface area contributed by atoms with Crippen LogP contribution in [0.2, 0.25) is 0 Å². The van der Waals surface area contributed by atoms with Crippen LogP contribution in [0.25, 0.3) is 22.1 Å². The molecule has 20 heavy (non-hydrogen) atoms. The quantitative estimate of drug-likeness (QED) is 0.547. The van der Waals surface area contributed by atoms with Crippen molar-refractivity contribution in [2.24, 2.45) is 0 Å². The molecule has 0 unspecified atom stereocenters. The third kappa shape index (κ3) is 1.84. The van der Waals surface area contributed by atoms with E-state index in [0.717, 1.165) is 34.3 Å². The molecule has 3 heteroatoms. The Bertz CT molecular complexity index is 881. The summed E-state index contributed by atoms with van der Waals surface area (Å²) in [6.07, 6.45) is 2.50. The Morgan fingerprint density at radius 1 is 0.850 bits per heavy atom. The Morgan fingerprint density at radius 2 is 1.65 bits per heavy atom. The first-order chi connectivity index (χ1) is 9.90. The van der Waals surface area contributed by atoms with Crippen LogP contribution in [-0.4, -0.2) is 9.97 Å². The zero-order valence-electron chi connectivity index (χ0n) is 10.8. The molecule has 0 spiro atoms. The van der Waals surface area contributed by atoms with E-state index < -0.39 is 0 Å². The van der Waals surface area contributed by atoms with Crippen molar-refractivity contribution in [1.82, 2.24) is 9.97 Å². The van der Waals surface area contributed by atoms with Crippen molar-refractivity contribution in [1.29, 1.82) is 0 Å². The molecule has 0 aliphatic heterocycles. The van der Waals surface area contributed by atoms with Gasteiger partial charge in [-0.05, 0) is 17.7 Å². The topological polar surface area (TPSA) is 38.9 Å². The third-order valence-electron chi connectivity index (χ3n) is 3.37. The third-order valence-corrected chi connectivity index (χ3v) is 3.37. The molecule has 4 rings (SSSR count). The predicted octanol–water partition coefficient (Wildman–Crippen LogP) is 3.97. The van der Waals surface area contributed by atoms with Crippen LogP contribution in [0.3, 0.4) is 0 Å². The van der Waals surface area contributed by atoms with E-state index in [2.05, 4.69) is 22.1 Å². The van der Waals surface area contributed by atoms with Gasteiger partial charge in [0.15, 0.2) is 5.58 Å². The van der Waals surface area contributed by atoms with Crippen molar-refractivity contribution < 1.29 is 4.42 Å². The number of furan rings is 1. The van der Waals surface area contributed by atoms with Gasteiger partial charge in [-0.2, -0.15) is 0 Å². The van der Waals surface area contributed by atoms with E-state index in [0.29, 0.717) is 0 Å². The normalized spacial score (nSPS) is 11.2. The van der Waals surface area contributed by atoms with Gasteiger partial charge in [-0.25, -0.2) is 9.97 Å². The van der Waals surface area contributed by atoms with E-state index in [1.807, 2.05) is 42.5 Å². The number of hydrogen-bond acceptors (Lipinski definition) is 3. The molecule has 4 aromatic rings. The summed E-state index contributed by atoms with van der Waals surface area (Å²) < 4.78 is 5.73. The molecule has 0 saturated carbocycles. The van der Waals surface area contributed by atoms with E-state index in [4.69, 9.17) is 4.42 Å². The second-order valence-corrected chi connectivity index (χ2v) is 4.76. The Kier molecular flexibility index (Phi) is 2.49. The molecule has 0 aliphatic carbocycles. The lowest BCUT2D eigenvalue weighted by atomic mass is 10.1. The van der Waals surface area contributed by atoms with Crippen LogP contribution in [0.1, 0.15) is 11.4 Å². The maximum atomic E-state index is 5.73. The highest BCUT2D eigenvalue weighted by Crippen LogP contribution is 2.26. The van der Waals surface area contributed by atoms with Crippen molar-refractivity contribution >= 4 is 22.1 Å². The van der Waals surface area contributed by atoms with Crippen molar-refractivity contribution in [3.8, 4) is 0 Å². The first kappa shape index (κ1) is 11.2. The van der Waals surface area contributed by atoms with Gasteiger partial charge in [0.2, 0.25) is 0 Å². The molecule has 2 aromatic carbocycles. The van der Waals surface area contributed by atoms with Gasteiger partial charge in [-0.1, -0.05) is 42.5 Å². The molecule has 0 fully saturated rings. The van der Waals surface area contributed by atoms with Gasteiger partial charge in [0, 0.05) is 11.8 Å². The summed E-state index contributed by atoms with van der Waals surface area (Å²) >= 11 is 0. The Hall–Kier alpha value is -2.68. The fraction of sp³-hybridized carbons (Fsp3) is 0.0588.